The predicted molar refractivity (Wildman–Crippen MR) is 139 cm³/mol. The zero-order chi connectivity index (χ0) is 26.7. The van der Waals surface area contributed by atoms with E-state index in [1.165, 1.54) is 34.7 Å². The summed E-state index contributed by atoms with van der Waals surface area (Å²) in [6.45, 7) is 2.74. The highest BCUT2D eigenvalue weighted by Gasteiger charge is 2.31. The van der Waals surface area contributed by atoms with Gasteiger partial charge in [-0.05, 0) is 60.0 Å². The third kappa shape index (κ3) is 5.57. The van der Waals surface area contributed by atoms with Crippen LogP contribution in [0.5, 0.6) is 0 Å². The van der Waals surface area contributed by atoms with E-state index in [4.69, 9.17) is 0 Å². The number of carbonyl (C=O) groups is 2. The van der Waals surface area contributed by atoms with Crippen molar-refractivity contribution in [1.29, 1.82) is 0 Å². The maximum atomic E-state index is 13.4. The molecular weight excluding hydrogens is 515 g/mol. The summed E-state index contributed by atoms with van der Waals surface area (Å²) in [4.78, 5) is 39.2. The molecule has 3 heterocycles. The van der Waals surface area contributed by atoms with Crippen LogP contribution in [0.15, 0.2) is 78.6 Å². The van der Waals surface area contributed by atoms with E-state index in [9.17, 15) is 22.8 Å². The standard InChI is InChI=1S/C27H24F3N5O2S/c28-27(29,30)20-5-3-19(4-6-20)25(36)35(17-21-16-31-18-32-21)23-9-7-22(8-10-23)33-11-13-34(14-12-33)26(37)24-2-1-15-38-24/h1-10,15-16,18H,11-14,17H2,(H,31,32). The summed E-state index contributed by atoms with van der Waals surface area (Å²) in [6, 6.07) is 15.4. The first kappa shape index (κ1) is 25.5. The van der Waals surface area contributed by atoms with Crippen molar-refractivity contribution in [3.05, 3.63) is 100 Å². The highest BCUT2D eigenvalue weighted by Crippen LogP contribution is 2.30. The SMILES string of the molecule is O=C(c1cccs1)N1CCN(c2ccc(N(Cc3cnc[nH]3)C(=O)c3ccc(C(F)(F)F)cc3)cc2)CC1. The van der Waals surface area contributed by atoms with Crippen molar-refractivity contribution < 1.29 is 22.8 Å². The molecule has 4 aromatic rings. The Morgan fingerprint density at radius 2 is 1.68 bits per heavy atom. The summed E-state index contributed by atoms with van der Waals surface area (Å²) < 4.78 is 39.0. The molecular formula is C27H24F3N5O2S. The van der Waals surface area contributed by atoms with Gasteiger partial charge in [0.05, 0.1) is 29.0 Å². The van der Waals surface area contributed by atoms with E-state index in [0.717, 1.165) is 22.7 Å². The quantitative estimate of drug-likeness (QED) is 0.361. The van der Waals surface area contributed by atoms with Crippen molar-refractivity contribution >= 4 is 34.5 Å². The van der Waals surface area contributed by atoms with E-state index < -0.39 is 17.6 Å². The Morgan fingerprint density at radius 1 is 0.974 bits per heavy atom. The van der Waals surface area contributed by atoms with Crippen molar-refractivity contribution in [1.82, 2.24) is 14.9 Å². The van der Waals surface area contributed by atoms with Crippen LogP contribution in [0.2, 0.25) is 0 Å². The number of aromatic nitrogens is 2. The molecule has 2 aromatic heterocycles. The van der Waals surface area contributed by atoms with Gasteiger partial charge in [0.25, 0.3) is 11.8 Å². The number of amides is 2. The third-order valence-electron chi connectivity index (χ3n) is 6.41. The molecule has 0 aliphatic carbocycles. The van der Waals surface area contributed by atoms with E-state index in [-0.39, 0.29) is 18.0 Å². The zero-order valence-corrected chi connectivity index (χ0v) is 21.0. The van der Waals surface area contributed by atoms with E-state index in [1.54, 1.807) is 6.20 Å². The number of hydrogen-bond acceptors (Lipinski definition) is 5. The second-order valence-electron chi connectivity index (χ2n) is 8.82. The Hall–Kier alpha value is -4.12. The van der Waals surface area contributed by atoms with E-state index in [2.05, 4.69) is 14.9 Å². The van der Waals surface area contributed by atoms with Gasteiger partial charge < -0.3 is 19.7 Å². The predicted octanol–water partition coefficient (Wildman–Crippen LogP) is 5.30. The van der Waals surface area contributed by atoms with Gasteiger partial charge in [0.15, 0.2) is 0 Å². The Labute approximate surface area is 221 Å². The number of piperazine rings is 1. The van der Waals surface area contributed by atoms with Crippen LogP contribution in [0, 0.1) is 0 Å². The lowest BCUT2D eigenvalue weighted by Crippen LogP contribution is -2.48. The highest BCUT2D eigenvalue weighted by molar-refractivity contribution is 7.12. The second-order valence-corrected chi connectivity index (χ2v) is 9.76. The van der Waals surface area contributed by atoms with Crippen LogP contribution in [-0.4, -0.2) is 52.9 Å². The van der Waals surface area contributed by atoms with Gasteiger partial charge in [-0.1, -0.05) is 6.07 Å². The molecule has 0 saturated carbocycles. The average Bonchev–Trinajstić information content (AvgIpc) is 3.66. The number of alkyl halides is 3. The fraction of sp³-hybridized carbons (Fsp3) is 0.222. The Kier molecular flexibility index (Phi) is 7.19. The first-order chi connectivity index (χ1) is 18.3. The van der Waals surface area contributed by atoms with Crippen LogP contribution in [0.4, 0.5) is 24.5 Å². The van der Waals surface area contributed by atoms with Crippen molar-refractivity contribution in [2.45, 2.75) is 12.7 Å². The molecule has 38 heavy (non-hydrogen) atoms. The fourth-order valence-corrected chi connectivity index (χ4v) is 5.04. The summed E-state index contributed by atoms with van der Waals surface area (Å²) in [5, 5.41) is 1.89. The molecule has 1 aliphatic rings. The third-order valence-corrected chi connectivity index (χ3v) is 7.27. The van der Waals surface area contributed by atoms with Crippen LogP contribution >= 0.6 is 11.3 Å². The van der Waals surface area contributed by atoms with Crippen LogP contribution in [0.3, 0.4) is 0 Å². The van der Waals surface area contributed by atoms with Gasteiger partial charge in [0, 0.05) is 49.3 Å². The molecule has 0 radical (unpaired) electrons. The molecule has 2 aromatic carbocycles. The molecule has 0 spiro atoms. The molecule has 1 aliphatic heterocycles. The monoisotopic (exact) mass is 539 g/mol. The molecule has 11 heteroatoms. The minimum atomic E-state index is -4.48. The number of benzene rings is 2. The molecule has 2 amide bonds. The minimum Gasteiger partial charge on any atom is -0.368 e. The van der Waals surface area contributed by atoms with Crippen LogP contribution < -0.4 is 9.80 Å². The Morgan fingerprint density at radius 3 is 2.26 bits per heavy atom. The molecule has 7 nitrogen and oxygen atoms in total. The normalized spacial score (nSPS) is 14.0. The van der Waals surface area contributed by atoms with E-state index in [0.29, 0.717) is 37.6 Å². The molecule has 0 atom stereocenters. The summed E-state index contributed by atoms with van der Waals surface area (Å²) in [7, 11) is 0. The molecule has 196 valence electrons. The summed E-state index contributed by atoms with van der Waals surface area (Å²) in [5.74, 6) is -0.381. The number of halogens is 3. The molecule has 0 bridgehead atoms. The number of H-pyrrole nitrogens is 1. The first-order valence-corrected chi connectivity index (χ1v) is 12.8. The lowest BCUT2D eigenvalue weighted by atomic mass is 10.1. The van der Waals surface area contributed by atoms with Crippen LogP contribution in [0.1, 0.15) is 31.3 Å². The Balaban J connectivity index is 1.31. The van der Waals surface area contributed by atoms with Crippen LogP contribution in [-0.2, 0) is 12.7 Å². The van der Waals surface area contributed by atoms with E-state index >= 15 is 0 Å². The largest absolute Gasteiger partial charge is 0.416 e. The maximum Gasteiger partial charge on any atom is 0.416 e. The van der Waals surface area contributed by atoms with Gasteiger partial charge in [-0.15, -0.1) is 11.3 Å². The van der Waals surface area contributed by atoms with Gasteiger partial charge in [-0.2, -0.15) is 13.2 Å². The number of rotatable bonds is 6. The molecule has 0 unspecified atom stereocenters. The number of nitrogens with zero attached hydrogens (tertiary/aromatic N) is 4. The van der Waals surface area contributed by atoms with Gasteiger partial charge >= 0.3 is 6.18 Å². The van der Waals surface area contributed by atoms with Gasteiger partial charge in [-0.3, -0.25) is 9.59 Å². The summed E-state index contributed by atoms with van der Waals surface area (Å²) >= 11 is 1.44. The summed E-state index contributed by atoms with van der Waals surface area (Å²) in [5.41, 5.74) is 1.57. The highest BCUT2D eigenvalue weighted by atomic mass is 32.1. The maximum absolute atomic E-state index is 13.4. The first-order valence-electron chi connectivity index (χ1n) is 11.9. The average molecular weight is 540 g/mol. The number of nitrogens with one attached hydrogen (secondary N) is 1. The topological polar surface area (TPSA) is 72.5 Å². The number of hydrogen-bond donors (Lipinski definition) is 1. The number of aromatic amines is 1. The fourth-order valence-electron chi connectivity index (χ4n) is 4.35. The molecule has 1 saturated heterocycles. The minimum absolute atomic E-state index is 0.0474. The Bertz CT molecular complexity index is 1360. The van der Waals surface area contributed by atoms with Crippen molar-refractivity contribution in [3.63, 3.8) is 0 Å². The number of carbonyl (C=O) groups excluding carboxylic acids is 2. The van der Waals surface area contributed by atoms with Crippen molar-refractivity contribution in [2.75, 3.05) is 36.0 Å². The van der Waals surface area contributed by atoms with Gasteiger partial charge in [0.2, 0.25) is 0 Å². The number of anilines is 2. The van der Waals surface area contributed by atoms with Crippen LogP contribution in [0.25, 0.3) is 0 Å². The molecule has 5 rings (SSSR count). The van der Waals surface area contributed by atoms with Crippen molar-refractivity contribution in [3.8, 4) is 0 Å². The van der Waals surface area contributed by atoms with Gasteiger partial charge in [-0.25, -0.2) is 4.98 Å². The smallest absolute Gasteiger partial charge is 0.368 e. The number of imidazole rings is 1. The van der Waals surface area contributed by atoms with E-state index in [1.807, 2.05) is 46.7 Å². The van der Waals surface area contributed by atoms with Gasteiger partial charge in [0.1, 0.15) is 0 Å². The zero-order valence-electron chi connectivity index (χ0n) is 20.2. The molecule has 1 N–H and O–H groups in total. The van der Waals surface area contributed by atoms with Crippen molar-refractivity contribution in [2.24, 2.45) is 0 Å². The second kappa shape index (κ2) is 10.7. The molecule has 1 fully saturated rings. The summed E-state index contributed by atoms with van der Waals surface area (Å²) in [6.07, 6.45) is -1.38. The lowest BCUT2D eigenvalue weighted by Gasteiger charge is -2.36. The number of thiophene rings is 1. The lowest BCUT2D eigenvalue weighted by molar-refractivity contribution is -0.137.